The molecule has 0 heterocycles. The Morgan fingerprint density at radius 3 is 0.760 bits per heavy atom. The molecule has 0 saturated heterocycles. The lowest BCUT2D eigenvalue weighted by molar-refractivity contribution is -0.161. The van der Waals surface area contributed by atoms with Crippen molar-refractivity contribution in [3.8, 4) is 0 Å². The summed E-state index contributed by atoms with van der Waals surface area (Å²) in [6.07, 6.45) is 59.7. The molecule has 0 aromatic heterocycles. The third-order valence-corrected chi connectivity index (χ3v) is 21.1. The average Bonchev–Trinajstić information content (AvgIpc) is 0.924. The molecule has 0 rings (SSSR count). The van der Waals surface area contributed by atoms with Crippen molar-refractivity contribution in [2.45, 2.75) is 439 Å². The Balaban J connectivity index is 5.23. The largest absolute Gasteiger partial charge is 0.472 e. The van der Waals surface area contributed by atoms with Gasteiger partial charge in [0.25, 0.3) is 0 Å². The standard InChI is InChI=1S/C81H158O17P2/c1-8-10-11-12-13-14-15-16-18-26-31-36-41-50-57-65-81(86)98-77(69-92-79(84)63-56-49-44-43-46-53-60-73(5)6)71-96-100(89,90)94-67-75(82)66-93-99(87,88)95-70-76(97-80(85)64-58-51-42-37-32-27-20-17-19-23-28-33-38-45-52-59-72(3)4)68-91-78(83)62-55-48-40-35-30-25-22-21-24-29-34-39-47-54-61-74(7)9-2/h72-77,82H,8-71H2,1-7H3,(H,87,88)(H,89,90)/t74?,75-,76-,77-/m1/s1. The maximum Gasteiger partial charge on any atom is 0.472 e. The van der Waals surface area contributed by atoms with E-state index in [2.05, 4.69) is 48.5 Å². The third kappa shape index (κ3) is 73.0. The average molecular weight is 1470 g/mol. The van der Waals surface area contributed by atoms with E-state index in [1.807, 2.05) is 0 Å². The number of aliphatic hydroxyl groups is 1. The summed E-state index contributed by atoms with van der Waals surface area (Å²) in [5, 5.41) is 10.6. The van der Waals surface area contributed by atoms with Crippen LogP contribution in [0.25, 0.3) is 0 Å². The van der Waals surface area contributed by atoms with E-state index in [1.54, 1.807) is 0 Å². The number of hydrogen-bond donors (Lipinski definition) is 3. The molecule has 0 spiro atoms. The maximum atomic E-state index is 13.1. The maximum absolute atomic E-state index is 13.1. The van der Waals surface area contributed by atoms with Crippen molar-refractivity contribution in [2.24, 2.45) is 17.8 Å². The van der Waals surface area contributed by atoms with E-state index in [0.29, 0.717) is 31.6 Å². The van der Waals surface area contributed by atoms with Gasteiger partial charge in [0.2, 0.25) is 0 Å². The number of ether oxygens (including phenoxy) is 4. The number of carbonyl (C=O) groups is 4. The zero-order valence-corrected chi connectivity index (χ0v) is 67.5. The molecule has 0 saturated carbocycles. The van der Waals surface area contributed by atoms with E-state index in [-0.39, 0.29) is 25.7 Å². The normalized spacial score (nSPS) is 14.2. The Kier molecular flexibility index (Phi) is 69.9. The first kappa shape index (κ1) is 98.1. The second-order valence-electron chi connectivity index (χ2n) is 30.4. The van der Waals surface area contributed by atoms with Crippen LogP contribution in [0.4, 0.5) is 0 Å². The molecule has 0 amide bonds. The first-order valence-electron chi connectivity index (χ1n) is 41.9. The minimum absolute atomic E-state index is 0.107. The molecule has 3 N–H and O–H groups in total. The van der Waals surface area contributed by atoms with Crippen LogP contribution in [0.3, 0.4) is 0 Å². The van der Waals surface area contributed by atoms with Gasteiger partial charge in [-0.25, -0.2) is 9.13 Å². The zero-order chi connectivity index (χ0) is 73.7. The molecule has 594 valence electrons. The molecule has 3 unspecified atom stereocenters. The van der Waals surface area contributed by atoms with Gasteiger partial charge >= 0.3 is 39.5 Å². The van der Waals surface area contributed by atoms with Crippen LogP contribution in [0.2, 0.25) is 0 Å². The summed E-state index contributed by atoms with van der Waals surface area (Å²) >= 11 is 0. The Hall–Kier alpha value is -1.94. The summed E-state index contributed by atoms with van der Waals surface area (Å²) in [7, 11) is -9.92. The fraction of sp³-hybridized carbons (Fsp3) is 0.951. The second-order valence-corrected chi connectivity index (χ2v) is 33.3. The number of carbonyl (C=O) groups excluding carboxylic acids is 4. The lowest BCUT2D eigenvalue weighted by Gasteiger charge is -2.21. The first-order chi connectivity index (χ1) is 48.3. The number of unbranched alkanes of at least 4 members (excludes halogenated alkanes) is 46. The van der Waals surface area contributed by atoms with E-state index in [4.69, 9.17) is 37.0 Å². The number of phosphoric acid groups is 2. The predicted octanol–water partition coefficient (Wildman–Crippen LogP) is 24.1. The third-order valence-electron chi connectivity index (χ3n) is 19.2. The van der Waals surface area contributed by atoms with Crippen molar-refractivity contribution in [3.63, 3.8) is 0 Å². The van der Waals surface area contributed by atoms with Gasteiger partial charge < -0.3 is 33.8 Å². The summed E-state index contributed by atoms with van der Waals surface area (Å²) in [6, 6.07) is 0. The highest BCUT2D eigenvalue weighted by atomic mass is 31.2. The van der Waals surface area contributed by atoms with E-state index >= 15 is 0 Å². The van der Waals surface area contributed by atoms with E-state index in [9.17, 15) is 43.2 Å². The van der Waals surface area contributed by atoms with Crippen molar-refractivity contribution >= 4 is 39.5 Å². The van der Waals surface area contributed by atoms with Gasteiger partial charge in [-0.15, -0.1) is 0 Å². The topological polar surface area (TPSA) is 237 Å². The van der Waals surface area contributed by atoms with Crippen LogP contribution in [0.5, 0.6) is 0 Å². The van der Waals surface area contributed by atoms with Crippen molar-refractivity contribution in [3.05, 3.63) is 0 Å². The van der Waals surface area contributed by atoms with Crippen LogP contribution in [-0.2, 0) is 65.4 Å². The van der Waals surface area contributed by atoms with Crippen molar-refractivity contribution in [2.75, 3.05) is 39.6 Å². The van der Waals surface area contributed by atoms with Crippen molar-refractivity contribution in [1.82, 2.24) is 0 Å². The molecule has 0 aromatic rings. The zero-order valence-electron chi connectivity index (χ0n) is 65.7. The van der Waals surface area contributed by atoms with E-state index < -0.39 is 97.5 Å². The van der Waals surface area contributed by atoms with E-state index in [0.717, 1.165) is 108 Å². The van der Waals surface area contributed by atoms with Gasteiger partial charge in [-0.1, -0.05) is 370 Å². The Morgan fingerprint density at radius 2 is 0.510 bits per heavy atom. The summed E-state index contributed by atoms with van der Waals surface area (Å²) in [5.41, 5.74) is 0. The highest BCUT2D eigenvalue weighted by Gasteiger charge is 2.30. The first-order valence-corrected chi connectivity index (χ1v) is 44.9. The molecule has 0 aromatic carbocycles. The molecule has 0 fully saturated rings. The molecule has 0 aliphatic heterocycles. The quantitative estimate of drug-likeness (QED) is 0.0222. The van der Waals surface area contributed by atoms with Gasteiger partial charge in [0.15, 0.2) is 12.2 Å². The van der Waals surface area contributed by atoms with Gasteiger partial charge in [0, 0.05) is 25.7 Å². The summed E-state index contributed by atoms with van der Waals surface area (Å²) in [4.78, 5) is 73.0. The monoisotopic (exact) mass is 1470 g/mol. The number of phosphoric ester groups is 2. The Morgan fingerprint density at radius 1 is 0.290 bits per heavy atom. The summed E-state index contributed by atoms with van der Waals surface area (Å²) < 4.78 is 68.7. The molecule has 6 atom stereocenters. The SMILES string of the molecule is CCCCCCCCCCCCCCCCCC(=O)O[C@H](COC(=O)CCCCCCCCC(C)C)COP(=O)(O)OC[C@H](O)COP(=O)(O)OC[C@@H](COC(=O)CCCCCCCCCCCCCCCCC(C)CC)OC(=O)CCCCCCCCCCCCCCCCCC(C)C. The van der Waals surface area contributed by atoms with Crippen molar-refractivity contribution in [1.29, 1.82) is 0 Å². The lowest BCUT2D eigenvalue weighted by atomic mass is 9.99. The predicted molar refractivity (Wildman–Crippen MR) is 409 cm³/mol. The fourth-order valence-electron chi connectivity index (χ4n) is 12.5. The summed E-state index contributed by atoms with van der Waals surface area (Å²) in [6.45, 7) is 11.9. The number of aliphatic hydroxyl groups excluding tert-OH is 1. The smallest absolute Gasteiger partial charge is 0.462 e. The highest BCUT2D eigenvalue weighted by Crippen LogP contribution is 2.45. The molecular weight excluding hydrogens is 1310 g/mol. The van der Waals surface area contributed by atoms with Gasteiger partial charge in [-0.2, -0.15) is 0 Å². The van der Waals surface area contributed by atoms with Gasteiger partial charge in [0.1, 0.15) is 19.3 Å². The minimum atomic E-state index is -4.96. The Labute approximate surface area is 613 Å². The fourth-order valence-corrected chi connectivity index (χ4v) is 14.0. The molecule has 0 radical (unpaired) electrons. The molecule has 17 nitrogen and oxygen atoms in total. The van der Waals surface area contributed by atoms with Gasteiger partial charge in [-0.05, 0) is 43.4 Å². The molecule has 0 aliphatic carbocycles. The minimum Gasteiger partial charge on any atom is -0.462 e. The van der Waals surface area contributed by atoms with Crippen LogP contribution in [0.15, 0.2) is 0 Å². The van der Waals surface area contributed by atoms with E-state index in [1.165, 1.54) is 225 Å². The van der Waals surface area contributed by atoms with Crippen LogP contribution in [0, 0.1) is 17.8 Å². The second kappa shape index (κ2) is 71.3. The van der Waals surface area contributed by atoms with Crippen LogP contribution in [0.1, 0.15) is 421 Å². The number of hydrogen-bond acceptors (Lipinski definition) is 15. The van der Waals surface area contributed by atoms with Crippen LogP contribution >= 0.6 is 15.6 Å². The van der Waals surface area contributed by atoms with Crippen LogP contribution in [-0.4, -0.2) is 96.7 Å². The highest BCUT2D eigenvalue weighted by molar-refractivity contribution is 7.47. The summed E-state index contributed by atoms with van der Waals surface area (Å²) in [5.74, 6) is 0.220. The number of rotatable bonds is 79. The lowest BCUT2D eigenvalue weighted by Crippen LogP contribution is -2.30. The van der Waals surface area contributed by atoms with Crippen molar-refractivity contribution < 1.29 is 80.2 Å². The van der Waals surface area contributed by atoms with Crippen LogP contribution < -0.4 is 0 Å². The molecule has 0 aliphatic rings. The molecule has 0 bridgehead atoms. The Bertz CT molecular complexity index is 1940. The molecular formula is C81H158O17P2. The number of esters is 4. The van der Waals surface area contributed by atoms with Gasteiger partial charge in [0.05, 0.1) is 26.4 Å². The molecule has 19 heteroatoms. The molecule has 100 heavy (non-hydrogen) atoms. The van der Waals surface area contributed by atoms with Gasteiger partial charge in [-0.3, -0.25) is 37.3 Å².